The fourth-order valence-electron chi connectivity index (χ4n) is 2.02. The van der Waals surface area contributed by atoms with Gasteiger partial charge < -0.3 is 0 Å². The minimum atomic E-state index is -3.82. The van der Waals surface area contributed by atoms with Gasteiger partial charge in [0.05, 0.1) is 10.8 Å². The van der Waals surface area contributed by atoms with Gasteiger partial charge in [0, 0.05) is 18.8 Å². The number of sulfone groups is 1. The average Bonchev–Trinajstić information content (AvgIpc) is 2.27. The molecule has 0 bridgehead atoms. The maximum atomic E-state index is 12.6. The molecule has 0 aromatic heterocycles. The van der Waals surface area contributed by atoms with Gasteiger partial charge in [-0.1, -0.05) is 30.7 Å². The maximum Gasteiger partial charge on any atom is 0.244 e. The second-order valence-electron chi connectivity index (χ2n) is 4.58. The molecule has 0 heterocycles. The minimum absolute atomic E-state index is 0.0103. The molecule has 0 spiro atoms. The lowest BCUT2D eigenvalue weighted by atomic mass is 10.4. The van der Waals surface area contributed by atoms with Gasteiger partial charge in [-0.2, -0.15) is 4.31 Å². The van der Waals surface area contributed by atoms with Gasteiger partial charge in [-0.3, -0.25) is 0 Å². The van der Waals surface area contributed by atoms with Crippen LogP contribution in [-0.4, -0.2) is 45.7 Å². The highest BCUT2D eigenvalue weighted by atomic mass is 35.5. The van der Waals surface area contributed by atoms with Crippen LogP contribution in [-0.2, 0) is 19.9 Å². The molecule has 20 heavy (non-hydrogen) atoms. The molecule has 0 unspecified atom stereocenters. The van der Waals surface area contributed by atoms with Gasteiger partial charge in [-0.25, -0.2) is 16.8 Å². The van der Waals surface area contributed by atoms with Crippen molar-refractivity contribution in [3.63, 3.8) is 0 Å². The third-order valence-corrected chi connectivity index (χ3v) is 6.45. The first kappa shape index (κ1) is 17.4. The maximum absolute atomic E-state index is 12.6. The van der Waals surface area contributed by atoms with Crippen molar-refractivity contribution in [2.24, 2.45) is 0 Å². The van der Waals surface area contributed by atoms with E-state index in [1.165, 1.54) is 12.1 Å². The van der Waals surface area contributed by atoms with E-state index in [2.05, 4.69) is 0 Å². The van der Waals surface area contributed by atoms with Crippen LogP contribution in [0.25, 0.3) is 0 Å². The predicted molar refractivity (Wildman–Crippen MR) is 80.2 cm³/mol. The van der Waals surface area contributed by atoms with Crippen LogP contribution in [0.1, 0.15) is 13.8 Å². The van der Waals surface area contributed by atoms with Gasteiger partial charge in [-0.05, 0) is 19.1 Å². The molecule has 1 aromatic carbocycles. The number of rotatable bonds is 6. The summed E-state index contributed by atoms with van der Waals surface area (Å²) in [5, 5.41) is 0.123. The first-order chi connectivity index (χ1) is 9.09. The molecule has 0 fully saturated rings. The van der Waals surface area contributed by atoms with E-state index in [1.807, 2.05) is 0 Å². The summed E-state index contributed by atoms with van der Waals surface area (Å²) in [6.45, 7) is 3.40. The highest BCUT2D eigenvalue weighted by Crippen LogP contribution is 2.25. The summed E-state index contributed by atoms with van der Waals surface area (Å²) < 4.78 is 49.0. The van der Waals surface area contributed by atoms with Crippen molar-refractivity contribution < 1.29 is 16.8 Å². The van der Waals surface area contributed by atoms with Crippen LogP contribution >= 0.6 is 11.6 Å². The summed E-state index contributed by atoms with van der Waals surface area (Å²) in [4.78, 5) is -0.0103. The van der Waals surface area contributed by atoms with Gasteiger partial charge in [0.25, 0.3) is 0 Å². The van der Waals surface area contributed by atoms with Crippen LogP contribution in [0, 0.1) is 0 Å². The summed E-state index contributed by atoms with van der Waals surface area (Å²) in [5.41, 5.74) is 0. The van der Waals surface area contributed by atoms with Crippen molar-refractivity contribution in [1.82, 2.24) is 4.31 Å². The first-order valence-corrected chi connectivity index (χ1v) is 9.91. The van der Waals surface area contributed by atoms with Gasteiger partial charge >= 0.3 is 0 Å². The third-order valence-electron chi connectivity index (χ3n) is 2.77. The molecule has 0 aliphatic rings. The van der Waals surface area contributed by atoms with Gasteiger partial charge in [0.15, 0.2) is 0 Å². The molecule has 1 rings (SSSR count). The fourth-order valence-corrected chi connectivity index (χ4v) is 5.30. The predicted octanol–water partition coefficient (Wildman–Crippen LogP) is 1.78. The van der Waals surface area contributed by atoms with E-state index in [9.17, 15) is 16.8 Å². The Morgan fingerprint density at radius 3 is 2.20 bits per heavy atom. The van der Waals surface area contributed by atoms with Crippen LogP contribution < -0.4 is 0 Å². The van der Waals surface area contributed by atoms with Crippen molar-refractivity contribution in [1.29, 1.82) is 0 Å². The minimum Gasteiger partial charge on any atom is -0.229 e. The zero-order chi connectivity index (χ0) is 15.6. The molecule has 0 saturated heterocycles. The Morgan fingerprint density at radius 1 is 1.20 bits per heavy atom. The summed E-state index contributed by atoms with van der Waals surface area (Å²) in [6.07, 6.45) is 1.08. The molecule has 0 radical (unpaired) electrons. The Kier molecular flexibility index (Phi) is 5.60. The average molecular weight is 340 g/mol. The fraction of sp³-hybridized carbons (Fsp3) is 0.500. The molecule has 0 N–H and O–H groups in total. The van der Waals surface area contributed by atoms with E-state index < -0.39 is 25.9 Å². The lowest BCUT2D eigenvalue weighted by Crippen LogP contribution is -2.42. The van der Waals surface area contributed by atoms with Crippen molar-refractivity contribution in [2.75, 3.05) is 18.6 Å². The van der Waals surface area contributed by atoms with Crippen LogP contribution in [0.4, 0.5) is 0 Å². The lowest BCUT2D eigenvalue weighted by molar-refractivity contribution is 0.370. The topological polar surface area (TPSA) is 71.5 Å². The van der Waals surface area contributed by atoms with E-state index >= 15 is 0 Å². The third kappa shape index (κ3) is 4.18. The van der Waals surface area contributed by atoms with Crippen LogP contribution in [0.5, 0.6) is 0 Å². The Hall–Kier alpha value is -0.630. The summed E-state index contributed by atoms with van der Waals surface area (Å²) in [5.74, 6) is -0.232. The molecular formula is C12H18ClNO4S2. The quantitative estimate of drug-likeness (QED) is 0.792. The Labute approximate surface area is 125 Å². The molecule has 0 aliphatic carbocycles. The first-order valence-electron chi connectivity index (χ1n) is 6.03. The molecule has 0 aliphatic heterocycles. The molecule has 0 saturated carbocycles. The zero-order valence-corrected chi connectivity index (χ0v) is 14.0. The van der Waals surface area contributed by atoms with E-state index in [-0.39, 0.29) is 22.2 Å². The second kappa shape index (κ2) is 6.43. The lowest BCUT2D eigenvalue weighted by Gasteiger charge is -2.27. The number of sulfonamides is 1. The normalized spacial score (nSPS) is 14.4. The van der Waals surface area contributed by atoms with E-state index in [4.69, 9.17) is 11.6 Å². The molecule has 5 nitrogen and oxygen atoms in total. The van der Waals surface area contributed by atoms with Crippen LogP contribution in [0.2, 0.25) is 5.02 Å². The molecule has 114 valence electrons. The molecular weight excluding hydrogens is 322 g/mol. The van der Waals surface area contributed by atoms with Crippen molar-refractivity contribution in [3.8, 4) is 0 Å². The van der Waals surface area contributed by atoms with Gasteiger partial charge in [0.2, 0.25) is 10.0 Å². The number of nitrogens with zero attached hydrogens (tertiary/aromatic N) is 1. The molecule has 1 atom stereocenters. The molecule has 8 heteroatoms. The van der Waals surface area contributed by atoms with Crippen molar-refractivity contribution in [2.45, 2.75) is 24.8 Å². The summed E-state index contributed by atoms with van der Waals surface area (Å²) >= 11 is 5.92. The monoisotopic (exact) mass is 339 g/mol. The highest BCUT2D eigenvalue weighted by Gasteiger charge is 2.30. The van der Waals surface area contributed by atoms with E-state index in [1.54, 1.807) is 26.0 Å². The van der Waals surface area contributed by atoms with Gasteiger partial charge in [0.1, 0.15) is 14.7 Å². The highest BCUT2D eigenvalue weighted by molar-refractivity contribution is 7.91. The van der Waals surface area contributed by atoms with Crippen LogP contribution in [0.3, 0.4) is 0 Å². The summed E-state index contributed by atoms with van der Waals surface area (Å²) in [6, 6.07) is 5.46. The molecule has 0 amide bonds. The van der Waals surface area contributed by atoms with Crippen molar-refractivity contribution in [3.05, 3.63) is 29.3 Å². The van der Waals surface area contributed by atoms with E-state index in [0.717, 1.165) is 10.6 Å². The number of halogens is 1. The largest absolute Gasteiger partial charge is 0.244 e. The number of hydrogen-bond acceptors (Lipinski definition) is 4. The van der Waals surface area contributed by atoms with Gasteiger partial charge in [-0.15, -0.1) is 0 Å². The number of hydrogen-bond donors (Lipinski definition) is 0. The Balaban J connectivity index is 3.21. The van der Waals surface area contributed by atoms with Crippen LogP contribution in [0.15, 0.2) is 29.2 Å². The SMILES string of the molecule is CCN([C@@H](C)CS(C)(=O)=O)S(=O)(=O)c1ccccc1Cl. The molecule has 1 aromatic rings. The summed E-state index contributed by atoms with van der Waals surface area (Å²) in [7, 11) is -7.09. The zero-order valence-electron chi connectivity index (χ0n) is 11.6. The Bertz CT molecular complexity index is 670. The van der Waals surface area contributed by atoms with E-state index in [0.29, 0.717) is 0 Å². The van der Waals surface area contributed by atoms with Crippen molar-refractivity contribution >= 4 is 31.5 Å². The Morgan fingerprint density at radius 2 is 1.75 bits per heavy atom. The second-order valence-corrected chi connectivity index (χ2v) is 9.03. The standard InChI is InChI=1S/C12H18ClNO4S2/c1-4-14(10(2)9-19(3,15)16)20(17,18)12-8-6-5-7-11(12)13/h5-8,10H,4,9H2,1-3H3/t10-/m0/s1. The number of benzene rings is 1. The smallest absolute Gasteiger partial charge is 0.229 e.